The molecule has 18 heavy (non-hydrogen) atoms. The lowest BCUT2D eigenvalue weighted by Crippen LogP contribution is -2.09. The maximum absolute atomic E-state index is 13.5. The van der Waals surface area contributed by atoms with Gasteiger partial charge in [0.15, 0.2) is 17.3 Å². The Morgan fingerprint density at radius 1 is 1.44 bits per heavy atom. The summed E-state index contributed by atoms with van der Waals surface area (Å²) in [4.78, 5) is 11.9. The number of Topliss-reactive ketones (excluding diaryl/α,β-unsaturated/α-hetero) is 1. The molecule has 0 aliphatic rings. The van der Waals surface area contributed by atoms with E-state index in [-0.39, 0.29) is 18.0 Å². The molecule has 1 aromatic carbocycles. The lowest BCUT2D eigenvalue weighted by molar-refractivity contribution is 0.0984. The van der Waals surface area contributed by atoms with E-state index < -0.39 is 5.82 Å². The summed E-state index contributed by atoms with van der Waals surface area (Å²) in [6.45, 7) is 0. The lowest BCUT2D eigenvalue weighted by atomic mass is 10.1. The summed E-state index contributed by atoms with van der Waals surface area (Å²) >= 11 is 0. The summed E-state index contributed by atoms with van der Waals surface area (Å²) in [5, 5.41) is 3.93. The van der Waals surface area contributed by atoms with E-state index in [0.717, 1.165) is 0 Å². The third kappa shape index (κ3) is 2.40. The van der Waals surface area contributed by atoms with Crippen molar-refractivity contribution in [3.05, 3.63) is 47.5 Å². The standard InChI is InChI=1S/C13H13FN2O2/c1-16-11(5-6-15-16)12(17)8-9-3-4-13(18-2)10(14)7-9/h3-7H,8H2,1-2H3. The maximum Gasteiger partial charge on any atom is 0.185 e. The van der Waals surface area contributed by atoms with Crippen molar-refractivity contribution < 1.29 is 13.9 Å². The Kier molecular flexibility index (Phi) is 3.41. The van der Waals surface area contributed by atoms with Gasteiger partial charge in [0.25, 0.3) is 0 Å². The number of methoxy groups -OCH3 is 1. The number of aromatic nitrogens is 2. The Hall–Kier alpha value is -2.17. The third-order valence-electron chi connectivity index (χ3n) is 2.69. The monoisotopic (exact) mass is 248 g/mol. The fourth-order valence-corrected chi connectivity index (χ4v) is 1.74. The van der Waals surface area contributed by atoms with E-state index in [1.807, 2.05) is 0 Å². The lowest BCUT2D eigenvalue weighted by Gasteiger charge is -2.05. The molecule has 2 rings (SSSR count). The zero-order valence-corrected chi connectivity index (χ0v) is 10.2. The number of rotatable bonds is 4. The van der Waals surface area contributed by atoms with Crippen LogP contribution in [0.15, 0.2) is 30.5 Å². The first kappa shape index (κ1) is 12.3. The normalized spacial score (nSPS) is 10.4. The fraction of sp³-hybridized carbons (Fsp3) is 0.231. The summed E-state index contributed by atoms with van der Waals surface area (Å²) in [5.41, 5.74) is 1.12. The molecule has 0 bridgehead atoms. The summed E-state index contributed by atoms with van der Waals surface area (Å²) in [5.74, 6) is -0.390. The Bertz CT molecular complexity index is 578. The second kappa shape index (κ2) is 5.00. The van der Waals surface area contributed by atoms with Crippen LogP contribution in [0.25, 0.3) is 0 Å². The van der Waals surface area contributed by atoms with Gasteiger partial charge in [-0.15, -0.1) is 0 Å². The molecule has 0 N–H and O–H groups in total. The SMILES string of the molecule is COc1ccc(CC(=O)c2ccnn2C)cc1F. The van der Waals surface area contributed by atoms with Crippen LogP contribution in [0.2, 0.25) is 0 Å². The van der Waals surface area contributed by atoms with Gasteiger partial charge < -0.3 is 4.74 Å². The molecule has 0 aliphatic heterocycles. The molecule has 0 aliphatic carbocycles. The van der Waals surface area contributed by atoms with Gasteiger partial charge in [0.1, 0.15) is 5.69 Å². The number of hydrogen-bond donors (Lipinski definition) is 0. The Balaban J connectivity index is 2.17. The molecule has 94 valence electrons. The first-order valence-corrected chi connectivity index (χ1v) is 5.45. The number of ether oxygens (including phenoxy) is 1. The van der Waals surface area contributed by atoms with Gasteiger partial charge >= 0.3 is 0 Å². The number of carbonyl (C=O) groups is 1. The average molecular weight is 248 g/mol. The Morgan fingerprint density at radius 3 is 2.78 bits per heavy atom. The number of ketones is 1. The molecule has 0 atom stereocenters. The van der Waals surface area contributed by atoms with Crippen LogP contribution in [0, 0.1) is 5.82 Å². The molecular weight excluding hydrogens is 235 g/mol. The van der Waals surface area contributed by atoms with Crippen molar-refractivity contribution in [1.82, 2.24) is 9.78 Å². The smallest absolute Gasteiger partial charge is 0.185 e. The predicted octanol–water partition coefficient (Wildman–Crippen LogP) is 1.99. The quantitative estimate of drug-likeness (QED) is 0.777. The number of benzene rings is 1. The van der Waals surface area contributed by atoms with E-state index in [0.29, 0.717) is 11.3 Å². The molecule has 0 saturated heterocycles. The van der Waals surface area contributed by atoms with Gasteiger partial charge in [-0.25, -0.2) is 4.39 Å². The predicted molar refractivity (Wildman–Crippen MR) is 64.2 cm³/mol. The van der Waals surface area contributed by atoms with Crippen LogP contribution in [-0.2, 0) is 13.5 Å². The Morgan fingerprint density at radius 2 is 2.22 bits per heavy atom. The van der Waals surface area contributed by atoms with E-state index in [1.54, 1.807) is 25.4 Å². The highest BCUT2D eigenvalue weighted by Gasteiger charge is 2.12. The molecule has 0 spiro atoms. The molecule has 0 unspecified atom stereocenters. The Labute approximate surface area is 104 Å². The van der Waals surface area contributed by atoms with Crippen molar-refractivity contribution >= 4 is 5.78 Å². The summed E-state index contributed by atoms with van der Waals surface area (Å²) in [6.07, 6.45) is 1.70. The summed E-state index contributed by atoms with van der Waals surface area (Å²) in [6, 6.07) is 6.15. The second-order valence-corrected chi connectivity index (χ2v) is 3.91. The van der Waals surface area contributed by atoms with Crippen molar-refractivity contribution in [3.8, 4) is 5.75 Å². The number of nitrogens with zero attached hydrogens (tertiary/aromatic N) is 2. The summed E-state index contributed by atoms with van der Waals surface area (Å²) < 4.78 is 19.8. The average Bonchev–Trinajstić information content (AvgIpc) is 2.76. The molecule has 1 aromatic heterocycles. The molecule has 5 heteroatoms. The van der Waals surface area contributed by atoms with Gasteiger partial charge in [0, 0.05) is 19.7 Å². The maximum atomic E-state index is 13.5. The number of aryl methyl sites for hydroxylation is 1. The van der Waals surface area contributed by atoms with Crippen LogP contribution >= 0.6 is 0 Å². The van der Waals surface area contributed by atoms with E-state index in [9.17, 15) is 9.18 Å². The molecule has 2 aromatic rings. The minimum atomic E-state index is -0.465. The van der Waals surface area contributed by atoms with E-state index in [2.05, 4.69) is 5.10 Å². The van der Waals surface area contributed by atoms with Gasteiger partial charge in [-0.2, -0.15) is 5.10 Å². The first-order chi connectivity index (χ1) is 8.61. The fourth-order valence-electron chi connectivity index (χ4n) is 1.74. The molecule has 0 amide bonds. The summed E-state index contributed by atoms with van der Waals surface area (Å²) in [7, 11) is 3.10. The zero-order chi connectivity index (χ0) is 13.1. The van der Waals surface area contributed by atoms with Crippen LogP contribution in [-0.4, -0.2) is 22.7 Å². The van der Waals surface area contributed by atoms with E-state index in [4.69, 9.17) is 4.74 Å². The minimum absolute atomic E-state index is 0.0976. The van der Waals surface area contributed by atoms with Crippen LogP contribution < -0.4 is 4.74 Å². The molecule has 4 nitrogen and oxygen atoms in total. The van der Waals surface area contributed by atoms with Crippen LogP contribution in [0.5, 0.6) is 5.75 Å². The van der Waals surface area contributed by atoms with Crippen molar-refractivity contribution in [2.24, 2.45) is 7.05 Å². The van der Waals surface area contributed by atoms with Crippen molar-refractivity contribution in [2.75, 3.05) is 7.11 Å². The molecular formula is C13H13FN2O2. The third-order valence-corrected chi connectivity index (χ3v) is 2.69. The topological polar surface area (TPSA) is 44.1 Å². The second-order valence-electron chi connectivity index (χ2n) is 3.91. The van der Waals surface area contributed by atoms with Gasteiger partial charge in [-0.1, -0.05) is 6.07 Å². The van der Waals surface area contributed by atoms with Crippen molar-refractivity contribution in [2.45, 2.75) is 6.42 Å². The number of hydrogen-bond acceptors (Lipinski definition) is 3. The van der Waals surface area contributed by atoms with E-state index >= 15 is 0 Å². The van der Waals surface area contributed by atoms with Gasteiger partial charge in [-0.3, -0.25) is 9.48 Å². The number of halogens is 1. The highest BCUT2D eigenvalue weighted by molar-refractivity contribution is 5.95. The van der Waals surface area contributed by atoms with E-state index in [1.165, 1.54) is 23.9 Å². The molecule has 0 fully saturated rings. The highest BCUT2D eigenvalue weighted by atomic mass is 19.1. The highest BCUT2D eigenvalue weighted by Crippen LogP contribution is 2.18. The molecule has 1 heterocycles. The van der Waals surface area contributed by atoms with Crippen molar-refractivity contribution in [1.29, 1.82) is 0 Å². The van der Waals surface area contributed by atoms with Crippen molar-refractivity contribution in [3.63, 3.8) is 0 Å². The molecule has 0 saturated carbocycles. The first-order valence-electron chi connectivity index (χ1n) is 5.45. The largest absolute Gasteiger partial charge is 0.494 e. The van der Waals surface area contributed by atoms with Crippen LogP contribution in [0.3, 0.4) is 0 Å². The van der Waals surface area contributed by atoms with Crippen LogP contribution in [0.1, 0.15) is 16.1 Å². The van der Waals surface area contributed by atoms with Crippen LogP contribution in [0.4, 0.5) is 4.39 Å². The minimum Gasteiger partial charge on any atom is -0.494 e. The molecule has 0 radical (unpaired) electrons. The van der Waals surface area contributed by atoms with Gasteiger partial charge in [-0.05, 0) is 23.8 Å². The number of carbonyl (C=O) groups excluding carboxylic acids is 1. The van der Waals surface area contributed by atoms with Gasteiger partial charge in [0.2, 0.25) is 0 Å². The van der Waals surface area contributed by atoms with Gasteiger partial charge in [0.05, 0.1) is 7.11 Å². The zero-order valence-electron chi connectivity index (χ0n) is 10.2.